The van der Waals surface area contributed by atoms with Crippen molar-refractivity contribution in [1.82, 2.24) is 10.6 Å². The minimum atomic E-state index is -4.54. The number of alkyl halides is 3. The van der Waals surface area contributed by atoms with E-state index in [1.54, 1.807) is 30.8 Å². The van der Waals surface area contributed by atoms with Crippen molar-refractivity contribution >= 4 is 52.9 Å². The molecular formula is C23H21Cl2F3N2O2S. The number of hydrogen-bond donors (Lipinski definition) is 2. The van der Waals surface area contributed by atoms with Gasteiger partial charge in [-0.15, -0.1) is 0 Å². The van der Waals surface area contributed by atoms with Gasteiger partial charge < -0.3 is 10.6 Å². The lowest BCUT2D eigenvalue weighted by molar-refractivity contribution is -0.139. The van der Waals surface area contributed by atoms with Crippen LogP contribution in [0.25, 0.3) is 6.08 Å². The molecule has 0 aromatic heterocycles. The Balaban J connectivity index is 1.69. The summed E-state index contributed by atoms with van der Waals surface area (Å²) in [5.74, 6) is -0.849. The normalized spacial score (nSPS) is 15.2. The number of aryl methyl sites for hydroxylation is 1. The number of allylic oxidation sites excluding steroid dienone is 1. The lowest BCUT2D eigenvalue weighted by atomic mass is 9.96. The first kappa shape index (κ1) is 25.5. The fraction of sp³-hybridized carbons (Fsp3) is 0.304. The molecule has 1 aliphatic rings. The second kappa shape index (κ2) is 10.8. The van der Waals surface area contributed by atoms with E-state index in [2.05, 4.69) is 10.6 Å². The van der Waals surface area contributed by atoms with Crippen molar-refractivity contribution in [2.45, 2.75) is 25.1 Å². The van der Waals surface area contributed by atoms with E-state index in [4.69, 9.17) is 23.2 Å². The third-order valence-electron chi connectivity index (χ3n) is 4.99. The third-order valence-corrected chi connectivity index (χ3v) is 6.70. The number of carbonyl (C=O) groups excluding carboxylic acids is 2. The maximum Gasteiger partial charge on any atom is 0.399 e. The van der Waals surface area contributed by atoms with Gasteiger partial charge in [0.05, 0.1) is 12.5 Å². The number of carbonyl (C=O) groups is 2. The van der Waals surface area contributed by atoms with E-state index in [1.807, 2.05) is 0 Å². The number of halogens is 5. The van der Waals surface area contributed by atoms with Gasteiger partial charge in [0.15, 0.2) is 0 Å². The highest BCUT2D eigenvalue weighted by atomic mass is 35.5. The molecule has 2 amide bonds. The highest BCUT2D eigenvalue weighted by molar-refractivity contribution is 8.00. The first-order valence-corrected chi connectivity index (χ1v) is 11.9. The van der Waals surface area contributed by atoms with Gasteiger partial charge in [-0.3, -0.25) is 9.59 Å². The summed E-state index contributed by atoms with van der Waals surface area (Å²) < 4.78 is 41.0. The molecule has 0 bridgehead atoms. The highest BCUT2D eigenvalue weighted by Gasteiger charge is 2.39. The third kappa shape index (κ3) is 7.16. The molecule has 176 valence electrons. The van der Waals surface area contributed by atoms with E-state index in [1.165, 1.54) is 30.3 Å². The first-order valence-electron chi connectivity index (χ1n) is 10.00. The van der Waals surface area contributed by atoms with Gasteiger partial charge in [-0.25, -0.2) is 0 Å². The zero-order chi connectivity index (χ0) is 24.2. The zero-order valence-electron chi connectivity index (χ0n) is 17.5. The average molecular weight is 517 g/mol. The van der Waals surface area contributed by atoms with Crippen LogP contribution in [-0.2, 0) is 4.79 Å². The maximum atomic E-state index is 13.7. The van der Waals surface area contributed by atoms with Crippen LogP contribution in [0.3, 0.4) is 0 Å². The lowest BCUT2D eigenvalue weighted by Crippen LogP contribution is -2.47. The molecule has 4 nitrogen and oxygen atoms in total. The summed E-state index contributed by atoms with van der Waals surface area (Å²) in [6.45, 7) is 1.53. The number of thioether (sulfide) groups is 1. The van der Waals surface area contributed by atoms with Gasteiger partial charge in [-0.1, -0.05) is 47.5 Å². The molecule has 1 aliphatic heterocycles. The number of amides is 2. The van der Waals surface area contributed by atoms with Crippen LogP contribution in [0.15, 0.2) is 42.5 Å². The van der Waals surface area contributed by atoms with E-state index in [0.717, 1.165) is 17.6 Å². The molecule has 1 unspecified atom stereocenters. The van der Waals surface area contributed by atoms with Gasteiger partial charge in [0.25, 0.3) is 5.91 Å². The molecule has 2 aromatic rings. The Morgan fingerprint density at radius 1 is 1.15 bits per heavy atom. The topological polar surface area (TPSA) is 58.2 Å². The summed E-state index contributed by atoms with van der Waals surface area (Å²) in [6.07, 6.45) is -2.18. The van der Waals surface area contributed by atoms with E-state index in [9.17, 15) is 22.8 Å². The number of nitrogens with one attached hydrogen (secondary N) is 2. The van der Waals surface area contributed by atoms with Crippen LogP contribution in [0.1, 0.15) is 33.0 Å². The summed E-state index contributed by atoms with van der Waals surface area (Å²) in [4.78, 5) is 24.3. The van der Waals surface area contributed by atoms with Gasteiger partial charge in [0, 0.05) is 33.2 Å². The predicted molar refractivity (Wildman–Crippen MR) is 127 cm³/mol. The molecule has 10 heteroatoms. The van der Waals surface area contributed by atoms with Crippen molar-refractivity contribution in [1.29, 1.82) is 0 Å². The SMILES string of the molecule is Cc1cc(/C=C/C(c2cc(Cl)cc(Cl)c2)C(F)(F)F)ccc1C(=O)NCC(=O)NC1CSC1. The summed E-state index contributed by atoms with van der Waals surface area (Å²) in [7, 11) is 0. The Hall–Kier alpha value is -2.16. The minimum absolute atomic E-state index is 0.0669. The van der Waals surface area contributed by atoms with Crippen molar-refractivity contribution in [3.63, 3.8) is 0 Å². The summed E-state index contributed by atoms with van der Waals surface area (Å²) in [6, 6.07) is 8.65. The van der Waals surface area contributed by atoms with Gasteiger partial charge in [0.1, 0.15) is 0 Å². The van der Waals surface area contributed by atoms with Gasteiger partial charge in [-0.2, -0.15) is 24.9 Å². The molecule has 0 saturated carbocycles. The smallest absolute Gasteiger partial charge is 0.350 e. The second-order valence-electron chi connectivity index (χ2n) is 7.64. The molecule has 0 aliphatic carbocycles. The van der Waals surface area contributed by atoms with Crippen LogP contribution in [0.4, 0.5) is 13.2 Å². The van der Waals surface area contributed by atoms with E-state index in [-0.39, 0.29) is 34.1 Å². The monoisotopic (exact) mass is 516 g/mol. The molecule has 33 heavy (non-hydrogen) atoms. The Labute approximate surface area is 203 Å². The number of rotatable bonds is 7. The number of hydrogen-bond acceptors (Lipinski definition) is 3. The van der Waals surface area contributed by atoms with Gasteiger partial charge >= 0.3 is 6.18 Å². The molecule has 1 atom stereocenters. The average Bonchev–Trinajstić information content (AvgIpc) is 2.67. The van der Waals surface area contributed by atoms with Crippen molar-refractivity contribution in [3.8, 4) is 0 Å². The van der Waals surface area contributed by atoms with Crippen molar-refractivity contribution < 1.29 is 22.8 Å². The Kier molecular flexibility index (Phi) is 8.37. The standard InChI is InChI=1S/C23H21Cl2F3N2O2S/c1-13-6-14(2-4-19(13)22(32)29-10-21(31)30-18-11-33-12-18)3-5-20(23(26,27)28)15-7-16(24)9-17(25)8-15/h2-9,18,20H,10-12H2,1H3,(H,29,32)(H,30,31)/b5-3+. The molecule has 2 N–H and O–H groups in total. The van der Waals surface area contributed by atoms with Crippen molar-refractivity contribution in [3.05, 3.63) is 74.8 Å². The molecule has 1 fully saturated rings. The van der Waals surface area contributed by atoms with Crippen LogP contribution >= 0.6 is 35.0 Å². The second-order valence-corrected chi connectivity index (χ2v) is 9.59. The Bertz CT molecular complexity index is 1050. The fourth-order valence-electron chi connectivity index (χ4n) is 3.27. The predicted octanol–water partition coefficient (Wildman–Crippen LogP) is 5.62. The van der Waals surface area contributed by atoms with Crippen molar-refractivity contribution in [2.75, 3.05) is 18.1 Å². The van der Waals surface area contributed by atoms with Crippen LogP contribution in [0, 0.1) is 6.92 Å². The number of benzene rings is 2. The first-order chi connectivity index (χ1) is 15.5. The van der Waals surface area contributed by atoms with E-state index >= 15 is 0 Å². The lowest BCUT2D eigenvalue weighted by Gasteiger charge is -2.25. The quantitative estimate of drug-likeness (QED) is 0.501. The van der Waals surface area contributed by atoms with Gasteiger partial charge in [0.2, 0.25) is 5.91 Å². The van der Waals surface area contributed by atoms with E-state index in [0.29, 0.717) is 16.7 Å². The van der Waals surface area contributed by atoms with Crippen LogP contribution < -0.4 is 10.6 Å². The molecule has 0 spiro atoms. The largest absolute Gasteiger partial charge is 0.399 e. The fourth-order valence-corrected chi connectivity index (χ4v) is 4.45. The zero-order valence-corrected chi connectivity index (χ0v) is 19.8. The molecule has 1 heterocycles. The Morgan fingerprint density at radius 2 is 1.82 bits per heavy atom. The summed E-state index contributed by atoms with van der Waals surface area (Å²) in [5, 5.41) is 5.61. The maximum absolute atomic E-state index is 13.7. The van der Waals surface area contributed by atoms with Crippen LogP contribution in [0.5, 0.6) is 0 Å². The Morgan fingerprint density at radius 3 is 2.36 bits per heavy atom. The van der Waals surface area contributed by atoms with Crippen LogP contribution in [-0.4, -0.2) is 42.1 Å². The summed E-state index contributed by atoms with van der Waals surface area (Å²) >= 11 is 13.5. The highest BCUT2D eigenvalue weighted by Crippen LogP contribution is 2.38. The molecular weight excluding hydrogens is 496 g/mol. The minimum Gasteiger partial charge on any atom is -0.350 e. The molecule has 3 rings (SSSR count). The van der Waals surface area contributed by atoms with Crippen LogP contribution in [0.2, 0.25) is 10.0 Å². The molecule has 1 saturated heterocycles. The van der Waals surface area contributed by atoms with Gasteiger partial charge in [-0.05, 0) is 47.9 Å². The van der Waals surface area contributed by atoms with E-state index < -0.39 is 18.0 Å². The molecule has 2 aromatic carbocycles. The summed E-state index contributed by atoms with van der Waals surface area (Å²) in [5.41, 5.74) is 1.34. The molecule has 0 radical (unpaired) electrons. The van der Waals surface area contributed by atoms with Crippen molar-refractivity contribution in [2.24, 2.45) is 0 Å².